The van der Waals surface area contributed by atoms with Crippen LogP contribution in [0, 0.1) is 11.8 Å². The maximum Gasteiger partial charge on any atom is 0.227 e. The Morgan fingerprint density at radius 1 is 0.810 bits per heavy atom. The zero-order valence-corrected chi connectivity index (χ0v) is 12.2. The largest absolute Gasteiger partial charge is 0.353 e. The molecule has 0 aliphatic heterocycles. The van der Waals surface area contributed by atoms with E-state index in [1.54, 1.807) is 0 Å². The summed E-state index contributed by atoms with van der Waals surface area (Å²) in [7, 11) is 0. The van der Waals surface area contributed by atoms with Crippen LogP contribution in [-0.2, 0) is 9.59 Å². The van der Waals surface area contributed by atoms with Gasteiger partial charge in [-0.3, -0.25) is 9.59 Å². The molecule has 0 saturated heterocycles. The lowest BCUT2D eigenvalue weighted by Gasteiger charge is -2.27. The van der Waals surface area contributed by atoms with Gasteiger partial charge >= 0.3 is 0 Å². The molecule has 2 aliphatic rings. The standard InChI is InChI=1S/C17H22N2O2/c20-16(18-14-4-2-1-3-5-14)12-6-8-13(9-7-12)17(21)19-15-10-11-15/h1-5,12-13,15H,6-11H2,(H,18,20)(H,19,21). The Hall–Kier alpha value is -1.84. The molecule has 0 unspecified atom stereocenters. The van der Waals surface area contributed by atoms with Crippen LogP contribution in [0.4, 0.5) is 5.69 Å². The van der Waals surface area contributed by atoms with Crippen LogP contribution in [0.15, 0.2) is 30.3 Å². The summed E-state index contributed by atoms with van der Waals surface area (Å²) in [6, 6.07) is 9.97. The van der Waals surface area contributed by atoms with Crippen LogP contribution in [0.25, 0.3) is 0 Å². The average molecular weight is 286 g/mol. The summed E-state index contributed by atoms with van der Waals surface area (Å²) >= 11 is 0. The first kappa shape index (κ1) is 14.1. The van der Waals surface area contributed by atoms with Gasteiger partial charge < -0.3 is 10.6 Å². The first-order chi connectivity index (χ1) is 10.2. The van der Waals surface area contributed by atoms with Gasteiger partial charge in [0.1, 0.15) is 0 Å². The van der Waals surface area contributed by atoms with Crippen molar-refractivity contribution in [3.05, 3.63) is 30.3 Å². The van der Waals surface area contributed by atoms with Gasteiger partial charge in [-0.1, -0.05) is 18.2 Å². The van der Waals surface area contributed by atoms with E-state index in [1.165, 1.54) is 0 Å². The van der Waals surface area contributed by atoms with E-state index in [0.29, 0.717) is 6.04 Å². The number of carbonyl (C=O) groups excluding carboxylic acids is 2. The van der Waals surface area contributed by atoms with Gasteiger partial charge in [-0.25, -0.2) is 0 Å². The molecule has 0 atom stereocenters. The Bertz CT molecular complexity index is 503. The van der Waals surface area contributed by atoms with E-state index in [0.717, 1.165) is 44.2 Å². The van der Waals surface area contributed by atoms with E-state index in [4.69, 9.17) is 0 Å². The van der Waals surface area contributed by atoms with E-state index in [2.05, 4.69) is 10.6 Å². The Morgan fingerprint density at radius 3 is 1.95 bits per heavy atom. The number of nitrogens with one attached hydrogen (secondary N) is 2. The van der Waals surface area contributed by atoms with Crippen molar-refractivity contribution in [2.24, 2.45) is 11.8 Å². The second kappa shape index (κ2) is 6.29. The third-order valence-corrected chi connectivity index (χ3v) is 4.43. The molecule has 4 heteroatoms. The fourth-order valence-electron chi connectivity index (χ4n) is 2.93. The quantitative estimate of drug-likeness (QED) is 0.894. The molecule has 2 fully saturated rings. The van der Waals surface area contributed by atoms with Crippen molar-refractivity contribution in [3.63, 3.8) is 0 Å². The van der Waals surface area contributed by atoms with Gasteiger partial charge in [0.25, 0.3) is 0 Å². The first-order valence-electron chi connectivity index (χ1n) is 7.88. The smallest absolute Gasteiger partial charge is 0.227 e. The number of anilines is 1. The van der Waals surface area contributed by atoms with Crippen LogP contribution in [0.5, 0.6) is 0 Å². The van der Waals surface area contributed by atoms with Crippen molar-refractivity contribution < 1.29 is 9.59 Å². The fraction of sp³-hybridized carbons (Fsp3) is 0.529. The van der Waals surface area contributed by atoms with Crippen molar-refractivity contribution >= 4 is 17.5 Å². The molecule has 21 heavy (non-hydrogen) atoms. The minimum Gasteiger partial charge on any atom is -0.353 e. The van der Waals surface area contributed by atoms with Crippen LogP contribution >= 0.6 is 0 Å². The summed E-state index contributed by atoms with van der Waals surface area (Å²) < 4.78 is 0. The molecule has 2 aliphatic carbocycles. The maximum atomic E-state index is 12.2. The number of para-hydroxylation sites is 1. The second-order valence-corrected chi connectivity index (χ2v) is 6.19. The fourth-order valence-corrected chi connectivity index (χ4v) is 2.93. The molecule has 0 spiro atoms. The monoisotopic (exact) mass is 286 g/mol. The molecular weight excluding hydrogens is 264 g/mol. The van der Waals surface area contributed by atoms with Crippen molar-refractivity contribution in [1.82, 2.24) is 5.32 Å². The highest BCUT2D eigenvalue weighted by molar-refractivity contribution is 5.92. The van der Waals surface area contributed by atoms with Crippen LogP contribution in [0.2, 0.25) is 0 Å². The topological polar surface area (TPSA) is 58.2 Å². The molecule has 1 aromatic carbocycles. The minimum atomic E-state index is 0.0372. The SMILES string of the molecule is O=C(Nc1ccccc1)C1CCC(C(=O)NC2CC2)CC1. The van der Waals surface area contributed by atoms with Crippen molar-refractivity contribution in [2.45, 2.75) is 44.6 Å². The normalized spacial score (nSPS) is 25.1. The summed E-state index contributed by atoms with van der Waals surface area (Å²) in [4.78, 5) is 24.2. The molecule has 0 radical (unpaired) electrons. The van der Waals surface area contributed by atoms with Crippen LogP contribution in [-0.4, -0.2) is 17.9 Å². The molecule has 2 N–H and O–H groups in total. The number of amides is 2. The van der Waals surface area contributed by atoms with Gasteiger partial charge in [0.2, 0.25) is 11.8 Å². The molecule has 0 aromatic heterocycles. The summed E-state index contributed by atoms with van der Waals surface area (Å²) in [5.74, 6) is 0.420. The summed E-state index contributed by atoms with van der Waals surface area (Å²) in [6.07, 6.45) is 5.51. The number of benzene rings is 1. The van der Waals surface area contributed by atoms with Crippen LogP contribution in [0.3, 0.4) is 0 Å². The second-order valence-electron chi connectivity index (χ2n) is 6.19. The van der Waals surface area contributed by atoms with Gasteiger partial charge in [0, 0.05) is 23.6 Å². The molecular formula is C17H22N2O2. The Labute approximate surface area is 125 Å². The Balaban J connectivity index is 1.46. The highest BCUT2D eigenvalue weighted by Gasteiger charge is 2.32. The molecule has 0 heterocycles. The summed E-state index contributed by atoms with van der Waals surface area (Å²) in [6.45, 7) is 0. The van der Waals surface area contributed by atoms with Gasteiger partial charge in [-0.15, -0.1) is 0 Å². The minimum absolute atomic E-state index is 0.0372. The van der Waals surface area contributed by atoms with E-state index < -0.39 is 0 Å². The van der Waals surface area contributed by atoms with Gasteiger partial charge in [-0.05, 0) is 50.7 Å². The zero-order valence-electron chi connectivity index (χ0n) is 12.2. The lowest BCUT2D eigenvalue weighted by molar-refractivity contribution is -0.128. The molecule has 0 bridgehead atoms. The van der Waals surface area contributed by atoms with E-state index in [-0.39, 0.29) is 23.7 Å². The number of carbonyl (C=O) groups is 2. The highest BCUT2D eigenvalue weighted by atomic mass is 16.2. The van der Waals surface area contributed by atoms with E-state index in [9.17, 15) is 9.59 Å². The van der Waals surface area contributed by atoms with E-state index in [1.807, 2.05) is 30.3 Å². The maximum absolute atomic E-state index is 12.2. The Morgan fingerprint density at radius 2 is 1.38 bits per heavy atom. The van der Waals surface area contributed by atoms with Crippen molar-refractivity contribution in [3.8, 4) is 0 Å². The lowest BCUT2D eigenvalue weighted by atomic mass is 9.81. The first-order valence-corrected chi connectivity index (χ1v) is 7.88. The van der Waals surface area contributed by atoms with Gasteiger partial charge in [-0.2, -0.15) is 0 Å². The van der Waals surface area contributed by atoms with Gasteiger partial charge in [0.15, 0.2) is 0 Å². The third-order valence-electron chi connectivity index (χ3n) is 4.43. The van der Waals surface area contributed by atoms with Gasteiger partial charge in [0.05, 0.1) is 0 Å². The predicted molar refractivity (Wildman–Crippen MR) is 81.7 cm³/mol. The van der Waals surface area contributed by atoms with Crippen molar-refractivity contribution in [1.29, 1.82) is 0 Å². The zero-order chi connectivity index (χ0) is 14.7. The van der Waals surface area contributed by atoms with Crippen LogP contribution < -0.4 is 10.6 Å². The molecule has 2 saturated carbocycles. The van der Waals surface area contributed by atoms with E-state index >= 15 is 0 Å². The molecule has 112 valence electrons. The number of rotatable bonds is 4. The summed E-state index contributed by atoms with van der Waals surface area (Å²) in [5, 5.41) is 6.03. The van der Waals surface area contributed by atoms with Crippen LogP contribution in [0.1, 0.15) is 38.5 Å². The average Bonchev–Trinajstić information content (AvgIpc) is 3.32. The third kappa shape index (κ3) is 3.84. The summed E-state index contributed by atoms with van der Waals surface area (Å²) in [5.41, 5.74) is 0.844. The molecule has 2 amide bonds. The molecule has 3 rings (SSSR count). The predicted octanol–water partition coefficient (Wildman–Crippen LogP) is 2.71. The number of hydrogen-bond donors (Lipinski definition) is 2. The lowest BCUT2D eigenvalue weighted by Crippen LogP contribution is -2.36. The molecule has 1 aromatic rings. The highest BCUT2D eigenvalue weighted by Crippen LogP contribution is 2.30. The molecule has 4 nitrogen and oxygen atoms in total. The van der Waals surface area contributed by atoms with Crippen molar-refractivity contribution in [2.75, 3.05) is 5.32 Å². The number of hydrogen-bond acceptors (Lipinski definition) is 2. The Kier molecular flexibility index (Phi) is 4.23.